The van der Waals surface area contributed by atoms with Crippen molar-refractivity contribution in [1.29, 1.82) is 0 Å². The summed E-state index contributed by atoms with van der Waals surface area (Å²) < 4.78 is 7.51. The van der Waals surface area contributed by atoms with Crippen molar-refractivity contribution in [1.82, 2.24) is 14.4 Å². The number of ether oxygens (including phenoxy) is 1. The minimum absolute atomic E-state index is 0.690. The molecule has 0 amide bonds. The van der Waals surface area contributed by atoms with Crippen LogP contribution in [0.1, 0.15) is 12.0 Å². The number of pyridine rings is 2. The second-order valence-electron chi connectivity index (χ2n) is 5.12. The van der Waals surface area contributed by atoms with Gasteiger partial charge >= 0.3 is 0 Å². The fourth-order valence-corrected chi connectivity index (χ4v) is 2.76. The van der Waals surface area contributed by atoms with Crippen LogP contribution in [-0.4, -0.2) is 27.6 Å². The normalized spacial score (nSPS) is 15.1. The van der Waals surface area contributed by atoms with E-state index in [4.69, 9.17) is 4.74 Å². The van der Waals surface area contributed by atoms with Crippen molar-refractivity contribution >= 4 is 11.1 Å². The van der Waals surface area contributed by atoms with E-state index >= 15 is 0 Å². The molecule has 0 radical (unpaired) electrons. The lowest BCUT2D eigenvalue weighted by atomic mass is 9.98. The lowest BCUT2D eigenvalue weighted by Crippen LogP contribution is -2.05. The molecule has 0 spiro atoms. The molecule has 0 bridgehead atoms. The predicted octanol–water partition coefficient (Wildman–Crippen LogP) is 3.20. The Morgan fingerprint density at radius 2 is 2.00 bits per heavy atom. The maximum absolute atomic E-state index is 5.42. The van der Waals surface area contributed by atoms with E-state index in [0.29, 0.717) is 6.61 Å². The van der Waals surface area contributed by atoms with E-state index in [1.54, 1.807) is 0 Å². The monoisotopic (exact) mass is 277 g/mol. The van der Waals surface area contributed by atoms with Gasteiger partial charge in [-0.15, -0.1) is 0 Å². The number of hydrogen-bond acceptors (Lipinski definition) is 3. The fourth-order valence-electron chi connectivity index (χ4n) is 2.76. The van der Waals surface area contributed by atoms with Gasteiger partial charge < -0.3 is 9.14 Å². The molecule has 1 aliphatic heterocycles. The Morgan fingerprint density at radius 1 is 1.10 bits per heavy atom. The first-order valence-electron chi connectivity index (χ1n) is 7.05. The van der Waals surface area contributed by atoms with Gasteiger partial charge in [-0.1, -0.05) is 6.08 Å². The fraction of sp³-hybridized carbons (Fsp3) is 0.176. The second kappa shape index (κ2) is 5.14. The first-order chi connectivity index (χ1) is 10.4. The van der Waals surface area contributed by atoms with Crippen LogP contribution >= 0.6 is 0 Å². The zero-order valence-electron chi connectivity index (χ0n) is 11.6. The van der Waals surface area contributed by atoms with E-state index < -0.39 is 0 Å². The zero-order valence-corrected chi connectivity index (χ0v) is 11.6. The van der Waals surface area contributed by atoms with Crippen LogP contribution in [0.5, 0.6) is 0 Å². The Balaban J connectivity index is 1.92. The third kappa shape index (κ3) is 2.23. The average Bonchev–Trinajstić information content (AvgIpc) is 3.04. The van der Waals surface area contributed by atoms with Gasteiger partial charge in [0.15, 0.2) is 0 Å². The van der Waals surface area contributed by atoms with Crippen molar-refractivity contribution in [2.45, 2.75) is 6.42 Å². The molecule has 3 aromatic heterocycles. The minimum atomic E-state index is 0.690. The van der Waals surface area contributed by atoms with Gasteiger partial charge in [0, 0.05) is 24.2 Å². The smallest absolute Gasteiger partial charge is 0.0992 e. The quantitative estimate of drug-likeness (QED) is 0.722. The molecule has 104 valence electrons. The highest BCUT2D eigenvalue weighted by Gasteiger charge is 2.12. The lowest BCUT2D eigenvalue weighted by Gasteiger charge is -2.16. The SMILES string of the molecule is C1=C(c2cc(-c3ccncc3)cn3cncc23)CCOC1. The molecule has 4 heteroatoms. The van der Waals surface area contributed by atoms with E-state index in [1.165, 1.54) is 16.7 Å². The van der Waals surface area contributed by atoms with Crippen LogP contribution in [0, 0.1) is 0 Å². The molecule has 0 fully saturated rings. The molecule has 0 unspecified atom stereocenters. The highest BCUT2D eigenvalue weighted by molar-refractivity contribution is 5.82. The first kappa shape index (κ1) is 12.3. The Morgan fingerprint density at radius 3 is 2.81 bits per heavy atom. The summed E-state index contributed by atoms with van der Waals surface area (Å²) in [7, 11) is 0. The van der Waals surface area contributed by atoms with Crippen LogP contribution in [-0.2, 0) is 4.74 Å². The Kier molecular flexibility index (Phi) is 3.01. The van der Waals surface area contributed by atoms with Gasteiger partial charge in [-0.05, 0) is 41.3 Å². The topological polar surface area (TPSA) is 39.4 Å². The van der Waals surface area contributed by atoms with Gasteiger partial charge in [-0.2, -0.15) is 0 Å². The molecule has 4 nitrogen and oxygen atoms in total. The molecule has 0 saturated heterocycles. The van der Waals surface area contributed by atoms with Crippen LogP contribution in [0.25, 0.3) is 22.2 Å². The number of aromatic nitrogens is 3. The highest BCUT2D eigenvalue weighted by Crippen LogP contribution is 2.30. The number of rotatable bonds is 2. The number of hydrogen-bond donors (Lipinski definition) is 0. The van der Waals surface area contributed by atoms with Crippen molar-refractivity contribution < 1.29 is 4.74 Å². The zero-order chi connectivity index (χ0) is 14.1. The van der Waals surface area contributed by atoms with Crippen LogP contribution in [0.4, 0.5) is 0 Å². The Labute approximate surface area is 122 Å². The third-order valence-electron chi connectivity index (χ3n) is 3.84. The number of imidazole rings is 1. The predicted molar refractivity (Wildman–Crippen MR) is 81.8 cm³/mol. The molecule has 4 rings (SSSR count). The van der Waals surface area contributed by atoms with Crippen molar-refractivity contribution in [2.24, 2.45) is 0 Å². The summed E-state index contributed by atoms with van der Waals surface area (Å²) in [4.78, 5) is 8.37. The van der Waals surface area contributed by atoms with Crippen LogP contribution in [0.15, 0.2) is 55.4 Å². The summed E-state index contributed by atoms with van der Waals surface area (Å²) in [6.07, 6.45) is 12.6. The average molecular weight is 277 g/mol. The van der Waals surface area contributed by atoms with E-state index in [2.05, 4.69) is 32.7 Å². The summed E-state index contributed by atoms with van der Waals surface area (Å²) in [5, 5.41) is 0. The van der Waals surface area contributed by atoms with E-state index in [0.717, 1.165) is 24.1 Å². The Bertz CT molecular complexity index is 805. The third-order valence-corrected chi connectivity index (χ3v) is 3.84. The molecule has 21 heavy (non-hydrogen) atoms. The van der Waals surface area contributed by atoms with Crippen molar-refractivity contribution in [2.75, 3.05) is 13.2 Å². The maximum atomic E-state index is 5.42. The lowest BCUT2D eigenvalue weighted by molar-refractivity contribution is 0.161. The highest BCUT2D eigenvalue weighted by atomic mass is 16.5. The first-order valence-corrected chi connectivity index (χ1v) is 7.05. The van der Waals surface area contributed by atoms with Gasteiger partial charge in [-0.3, -0.25) is 4.98 Å². The van der Waals surface area contributed by atoms with Gasteiger partial charge in [0.05, 0.1) is 31.3 Å². The molecule has 1 aliphatic rings. The molecular formula is C17H15N3O. The number of nitrogens with zero attached hydrogens (tertiary/aromatic N) is 3. The molecule has 0 aromatic carbocycles. The maximum Gasteiger partial charge on any atom is 0.0992 e. The van der Waals surface area contributed by atoms with Gasteiger partial charge in [-0.25, -0.2) is 4.98 Å². The van der Waals surface area contributed by atoms with E-state index in [1.807, 2.05) is 37.1 Å². The molecule has 4 heterocycles. The molecule has 0 N–H and O–H groups in total. The van der Waals surface area contributed by atoms with Gasteiger partial charge in [0.25, 0.3) is 0 Å². The summed E-state index contributed by atoms with van der Waals surface area (Å²) in [5.41, 5.74) is 6.05. The van der Waals surface area contributed by atoms with Gasteiger partial charge in [0.1, 0.15) is 0 Å². The van der Waals surface area contributed by atoms with E-state index in [9.17, 15) is 0 Å². The van der Waals surface area contributed by atoms with Crippen molar-refractivity contribution in [3.05, 3.63) is 61.0 Å². The van der Waals surface area contributed by atoms with Gasteiger partial charge in [0.2, 0.25) is 0 Å². The Hall–Kier alpha value is -2.46. The standard InChI is InChI=1S/C17H15N3O/c1-5-18-6-2-13(1)15-9-16(14-3-7-21-8-4-14)17-10-19-12-20(17)11-15/h1-3,5-6,9-12H,4,7-8H2. The molecular weight excluding hydrogens is 262 g/mol. The molecule has 3 aromatic rings. The number of fused-ring (bicyclic) bond motifs is 1. The second-order valence-corrected chi connectivity index (χ2v) is 5.12. The van der Waals surface area contributed by atoms with Crippen molar-refractivity contribution in [3.63, 3.8) is 0 Å². The molecule has 0 saturated carbocycles. The van der Waals surface area contributed by atoms with Crippen molar-refractivity contribution in [3.8, 4) is 11.1 Å². The summed E-state index contributed by atoms with van der Waals surface area (Å²) in [5.74, 6) is 0. The van der Waals surface area contributed by atoms with Crippen LogP contribution < -0.4 is 0 Å². The summed E-state index contributed by atoms with van der Waals surface area (Å²) in [6.45, 7) is 1.47. The largest absolute Gasteiger partial charge is 0.377 e. The molecule has 0 atom stereocenters. The minimum Gasteiger partial charge on any atom is -0.377 e. The van der Waals surface area contributed by atoms with E-state index in [-0.39, 0.29) is 0 Å². The van der Waals surface area contributed by atoms with Crippen LogP contribution in [0.3, 0.4) is 0 Å². The molecule has 0 aliphatic carbocycles. The van der Waals surface area contributed by atoms with Crippen LogP contribution in [0.2, 0.25) is 0 Å². The summed E-state index contributed by atoms with van der Waals surface area (Å²) in [6, 6.07) is 6.30. The summed E-state index contributed by atoms with van der Waals surface area (Å²) >= 11 is 0.